The molecule has 0 saturated carbocycles. The number of allylic oxidation sites excluding steroid dienone is 1. The zero-order valence-electron chi connectivity index (χ0n) is 16.5. The van der Waals surface area contributed by atoms with E-state index >= 15 is 0 Å². The molecule has 0 heterocycles. The predicted molar refractivity (Wildman–Crippen MR) is 109 cm³/mol. The minimum absolute atomic E-state index is 0.0204. The van der Waals surface area contributed by atoms with Crippen molar-refractivity contribution in [1.29, 1.82) is 0 Å². The first-order valence-electron chi connectivity index (χ1n) is 9.77. The lowest BCUT2D eigenvalue weighted by Crippen LogP contribution is -2.64. The number of hydrogen-bond acceptors (Lipinski definition) is 8. The van der Waals surface area contributed by atoms with Gasteiger partial charge in [-0.2, -0.15) is 0 Å². The molecule has 0 radical (unpaired) electrons. The summed E-state index contributed by atoms with van der Waals surface area (Å²) in [6.45, 7) is 2.03. The monoisotopic (exact) mass is 448 g/mol. The summed E-state index contributed by atoms with van der Waals surface area (Å²) >= 11 is 6.23. The van der Waals surface area contributed by atoms with Crippen LogP contribution in [0.4, 0.5) is 0 Å². The van der Waals surface area contributed by atoms with Gasteiger partial charge in [-0.05, 0) is 43.0 Å². The van der Waals surface area contributed by atoms with Gasteiger partial charge < -0.3 is 31.5 Å². The Bertz CT molecular complexity index is 1110. The lowest BCUT2D eigenvalue weighted by Gasteiger charge is -2.48. The molecule has 0 aliphatic heterocycles. The number of hydrogen-bond donors (Lipinski definition) is 6. The normalized spacial score (nSPS) is 30.1. The Kier molecular flexibility index (Phi) is 4.88. The Morgan fingerprint density at radius 1 is 1.29 bits per heavy atom. The largest absolute Gasteiger partial charge is 0.510 e. The van der Waals surface area contributed by atoms with Crippen LogP contribution in [-0.4, -0.2) is 56.1 Å². The maximum Gasteiger partial charge on any atom is 0.255 e. The molecule has 7 N–H and O–H groups in total. The van der Waals surface area contributed by atoms with Crippen LogP contribution in [0, 0.1) is 11.8 Å². The fourth-order valence-electron chi connectivity index (χ4n) is 5.09. The maximum atomic E-state index is 13.2. The number of Topliss-reactive ketones (excluding diaryl/α,β-unsaturated/α-hetero) is 2. The van der Waals surface area contributed by atoms with Crippen LogP contribution in [0.3, 0.4) is 0 Å². The molecular weight excluding hydrogens is 428 g/mol. The second kappa shape index (κ2) is 7.08. The van der Waals surface area contributed by atoms with Gasteiger partial charge in [-0.1, -0.05) is 18.5 Å². The summed E-state index contributed by atoms with van der Waals surface area (Å²) in [5.74, 6) is -6.86. The topological polar surface area (TPSA) is 170 Å². The second-order valence-electron chi connectivity index (χ2n) is 8.01. The molecule has 1 aromatic rings. The van der Waals surface area contributed by atoms with E-state index in [4.69, 9.17) is 17.3 Å². The number of nitrogens with one attached hydrogen (secondary N) is 1. The number of benzene rings is 1. The summed E-state index contributed by atoms with van der Waals surface area (Å²) < 4.78 is 0. The molecule has 31 heavy (non-hydrogen) atoms. The predicted octanol–water partition coefficient (Wildman–Crippen LogP) is 0.822. The Balaban J connectivity index is 1.96. The van der Waals surface area contributed by atoms with Gasteiger partial charge >= 0.3 is 0 Å². The van der Waals surface area contributed by atoms with Crippen LogP contribution >= 0.6 is 11.6 Å². The van der Waals surface area contributed by atoms with E-state index < -0.39 is 58.0 Å². The molecule has 9 nitrogen and oxygen atoms in total. The number of phenolic OH excluding ortho intramolecular Hbond substituents is 1. The van der Waals surface area contributed by atoms with Crippen LogP contribution in [0.25, 0.3) is 0 Å². The highest BCUT2D eigenvalue weighted by molar-refractivity contribution is 6.32. The number of likely N-dealkylation sites (N-methyl/N-ethyl adjacent to an activating group) is 1. The molecule has 0 aromatic heterocycles. The van der Waals surface area contributed by atoms with Crippen LogP contribution in [0.1, 0.15) is 29.3 Å². The molecule has 1 aromatic carbocycles. The standard InChI is InChI=1S/C21H21ClN2O7/c1-2-24-15-9-6-7-5-8-10(22)3-4-11(25)13(8)16(26)12(7)18(28)21(9,31)19(29)14(17(15)27)20(23)30/h3-4,7,9,15,24-25,27-28,31H,2,5-6H2,1H3,(H2,23,30)/t7-,9-,15-,21-/m0/s1. The number of carbonyl (C=O) groups is 3. The molecule has 164 valence electrons. The number of fused-ring (bicyclic) bond motifs is 3. The number of ketones is 2. The number of rotatable bonds is 3. The molecule has 4 atom stereocenters. The SMILES string of the molecule is CCN[C@@H]1C(O)=C(C(N)=O)C(=O)[C@@]2(O)C(O)=C3C(=O)c4c(O)ccc(Cl)c4C[C@H]3C[C@@H]12. The highest BCUT2D eigenvalue weighted by Gasteiger charge is 2.62. The number of amides is 1. The minimum atomic E-state index is -2.64. The number of carbonyl (C=O) groups excluding carboxylic acids is 3. The zero-order valence-corrected chi connectivity index (χ0v) is 17.2. The summed E-state index contributed by atoms with van der Waals surface area (Å²) in [6.07, 6.45) is 0.188. The molecular formula is C21H21ClN2O7. The summed E-state index contributed by atoms with van der Waals surface area (Å²) in [5.41, 5.74) is 1.86. The van der Waals surface area contributed by atoms with Crippen molar-refractivity contribution in [3.63, 3.8) is 0 Å². The Morgan fingerprint density at radius 3 is 2.58 bits per heavy atom. The maximum absolute atomic E-state index is 13.2. The van der Waals surface area contributed by atoms with Gasteiger partial charge in [0.15, 0.2) is 11.4 Å². The van der Waals surface area contributed by atoms with Gasteiger partial charge in [-0.15, -0.1) is 0 Å². The van der Waals surface area contributed by atoms with Crippen molar-refractivity contribution in [1.82, 2.24) is 5.32 Å². The van der Waals surface area contributed by atoms with Crippen LogP contribution in [0.5, 0.6) is 5.75 Å². The second-order valence-corrected chi connectivity index (χ2v) is 8.42. The first kappa shape index (κ1) is 21.4. The van der Waals surface area contributed by atoms with Crippen LogP contribution in [0.2, 0.25) is 5.02 Å². The molecule has 0 spiro atoms. The van der Waals surface area contributed by atoms with Gasteiger partial charge in [0.05, 0.1) is 11.6 Å². The van der Waals surface area contributed by atoms with Crippen molar-refractivity contribution in [3.05, 3.63) is 50.9 Å². The summed E-state index contributed by atoms with van der Waals surface area (Å²) in [7, 11) is 0. The third kappa shape index (κ3) is 2.73. The van der Waals surface area contributed by atoms with E-state index in [9.17, 15) is 34.8 Å². The van der Waals surface area contributed by atoms with E-state index in [2.05, 4.69) is 5.32 Å². The number of aliphatic hydroxyl groups is 3. The molecule has 3 aliphatic rings. The fraction of sp³-hybridized carbons (Fsp3) is 0.381. The highest BCUT2D eigenvalue weighted by Crippen LogP contribution is 2.52. The van der Waals surface area contributed by atoms with Gasteiger partial charge in [0.25, 0.3) is 5.91 Å². The first-order chi connectivity index (χ1) is 14.5. The van der Waals surface area contributed by atoms with E-state index in [0.717, 1.165) is 0 Å². The Labute approximate surface area is 181 Å². The Morgan fingerprint density at radius 2 is 1.97 bits per heavy atom. The number of nitrogens with two attached hydrogens (primary N) is 1. The van der Waals surface area contributed by atoms with E-state index in [1.807, 2.05) is 0 Å². The number of primary amides is 1. The molecule has 4 rings (SSSR count). The minimum Gasteiger partial charge on any atom is -0.510 e. The molecule has 3 aliphatic carbocycles. The number of halogens is 1. The van der Waals surface area contributed by atoms with E-state index in [-0.39, 0.29) is 34.8 Å². The van der Waals surface area contributed by atoms with Crippen molar-refractivity contribution in [2.75, 3.05) is 6.54 Å². The average molecular weight is 449 g/mol. The van der Waals surface area contributed by atoms with Crippen LogP contribution in [-0.2, 0) is 16.0 Å². The third-order valence-corrected chi connectivity index (χ3v) is 6.81. The molecule has 10 heteroatoms. The van der Waals surface area contributed by atoms with Crippen LogP contribution in [0.15, 0.2) is 34.8 Å². The highest BCUT2D eigenvalue weighted by atomic mass is 35.5. The van der Waals surface area contributed by atoms with E-state index in [1.165, 1.54) is 12.1 Å². The number of aromatic hydroxyl groups is 1. The zero-order chi connectivity index (χ0) is 22.8. The van der Waals surface area contributed by atoms with Crippen molar-refractivity contribution in [2.24, 2.45) is 17.6 Å². The van der Waals surface area contributed by atoms with Crippen molar-refractivity contribution in [2.45, 2.75) is 31.4 Å². The summed E-state index contributed by atoms with van der Waals surface area (Å²) in [4.78, 5) is 38.2. The lowest BCUT2D eigenvalue weighted by atomic mass is 9.59. The van der Waals surface area contributed by atoms with Crippen molar-refractivity contribution >= 4 is 29.1 Å². The van der Waals surface area contributed by atoms with Crippen molar-refractivity contribution < 1.29 is 34.8 Å². The summed E-state index contributed by atoms with van der Waals surface area (Å²) in [5, 5.41) is 46.4. The average Bonchev–Trinajstić information content (AvgIpc) is 2.70. The van der Waals surface area contributed by atoms with Crippen molar-refractivity contribution in [3.8, 4) is 5.75 Å². The number of phenols is 1. The fourth-order valence-corrected chi connectivity index (χ4v) is 5.33. The lowest BCUT2D eigenvalue weighted by molar-refractivity contribution is -0.146. The Hall–Kier alpha value is -2.88. The summed E-state index contributed by atoms with van der Waals surface area (Å²) in [6, 6.07) is 1.64. The molecule has 1 amide bonds. The van der Waals surface area contributed by atoms with Gasteiger partial charge in [-0.3, -0.25) is 14.4 Å². The van der Waals surface area contributed by atoms with E-state index in [0.29, 0.717) is 12.1 Å². The molecule has 0 unspecified atom stereocenters. The van der Waals surface area contributed by atoms with E-state index in [1.54, 1.807) is 6.92 Å². The first-order valence-corrected chi connectivity index (χ1v) is 10.2. The quantitative estimate of drug-likeness (QED) is 0.369. The van der Waals surface area contributed by atoms with Gasteiger partial charge in [0.2, 0.25) is 5.78 Å². The van der Waals surface area contributed by atoms with Gasteiger partial charge in [0.1, 0.15) is 22.8 Å². The van der Waals surface area contributed by atoms with Gasteiger partial charge in [-0.25, -0.2) is 0 Å². The molecule has 0 bridgehead atoms. The number of aliphatic hydroxyl groups excluding tert-OH is 2. The van der Waals surface area contributed by atoms with Gasteiger partial charge in [0, 0.05) is 16.5 Å². The molecule has 0 saturated heterocycles. The smallest absolute Gasteiger partial charge is 0.255 e. The van der Waals surface area contributed by atoms with Crippen LogP contribution < -0.4 is 11.1 Å². The third-order valence-electron chi connectivity index (χ3n) is 6.45. The molecule has 0 fully saturated rings.